The minimum atomic E-state index is -0.756. The van der Waals surface area contributed by atoms with Gasteiger partial charge in [-0.05, 0) is 63.4 Å². The molecule has 1 unspecified atom stereocenters. The maximum Gasteiger partial charge on any atom is 0.255 e. The number of carbonyl (C=O) groups excluding carboxylic acids is 6. The lowest BCUT2D eigenvalue weighted by Gasteiger charge is -2.35. The van der Waals surface area contributed by atoms with E-state index in [9.17, 15) is 28.8 Å². The number of amides is 6. The summed E-state index contributed by atoms with van der Waals surface area (Å²) in [7, 11) is 0. The Morgan fingerprint density at radius 1 is 0.949 bits per heavy atom. The normalized spacial score (nSPS) is 19.1. The second kappa shape index (κ2) is 16.5. The van der Waals surface area contributed by atoms with Crippen molar-refractivity contribution in [3.8, 4) is 5.00 Å². The molecular formula is C41H43ClN10O6S. The summed E-state index contributed by atoms with van der Waals surface area (Å²) < 4.78 is 2.01. The standard InChI is InChI=1S/C41H43ClN10O6S/c1-22-23(2)59-41-36(22)37(25-10-12-26(42)13-11-25)44-30(38-47-46-24(3)52(38)41)20-34(55)48-50-18-16-49(17-19-50)35(56)9-5-8-32(53)43-29-7-4-6-27-28(29)21-51(40(27)58)31-14-15-33(54)45-39(31)57/h4,6-7,10-13,30-31H,5,8-9,14-21H2,1-3H3,(H,43,53)(H,48,55)(H,45,54,57)/t30-,31?/m0/s1. The monoisotopic (exact) mass is 838 g/mol. The molecule has 2 aromatic carbocycles. The molecule has 8 rings (SSSR count). The molecule has 0 saturated carbocycles. The molecule has 4 aliphatic heterocycles. The second-order valence-electron chi connectivity index (χ2n) is 15.1. The van der Waals surface area contributed by atoms with Crippen LogP contribution in [0, 0.1) is 20.8 Å². The Morgan fingerprint density at radius 3 is 2.46 bits per heavy atom. The number of aromatic nitrogens is 3. The number of benzene rings is 2. The topological polar surface area (TPSA) is 191 Å². The Morgan fingerprint density at radius 2 is 1.71 bits per heavy atom. The van der Waals surface area contributed by atoms with Crippen molar-refractivity contribution in [3.63, 3.8) is 0 Å². The number of piperidine rings is 1. The number of nitrogens with zero attached hydrogens (tertiary/aromatic N) is 7. The summed E-state index contributed by atoms with van der Waals surface area (Å²) in [5.41, 5.74) is 8.25. The fraction of sp³-hybridized carbons (Fsp3) is 0.390. The van der Waals surface area contributed by atoms with Gasteiger partial charge in [0.05, 0.1) is 12.1 Å². The highest BCUT2D eigenvalue weighted by Crippen LogP contribution is 2.40. The molecule has 0 spiro atoms. The summed E-state index contributed by atoms with van der Waals surface area (Å²) in [4.78, 5) is 86.4. The van der Waals surface area contributed by atoms with Gasteiger partial charge in [-0.15, -0.1) is 21.5 Å². The van der Waals surface area contributed by atoms with E-state index in [1.165, 1.54) is 4.90 Å². The summed E-state index contributed by atoms with van der Waals surface area (Å²) in [6.07, 6.45) is 1.03. The molecule has 3 N–H and O–H groups in total. The average molecular weight is 839 g/mol. The summed E-state index contributed by atoms with van der Waals surface area (Å²) in [5, 5.41) is 17.4. The van der Waals surface area contributed by atoms with E-state index in [4.69, 9.17) is 16.6 Å². The molecule has 2 atom stereocenters. The zero-order valence-corrected chi connectivity index (χ0v) is 34.4. The number of rotatable bonds is 10. The van der Waals surface area contributed by atoms with E-state index < -0.39 is 18.0 Å². The van der Waals surface area contributed by atoms with E-state index in [0.717, 1.165) is 32.3 Å². The minimum absolute atomic E-state index is 0.0313. The fourth-order valence-electron chi connectivity index (χ4n) is 8.07. The largest absolute Gasteiger partial charge is 0.340 e. The third kappa shape index (κ3) is 8.01. The van der Waals surface area contributed by atoms with E-state index in [1.807, 2.05) is 40.8 Å². The molecule has 6 amide bonds. The first-order valence-corrected chi connectivity index (χ1v) is 20.8. The van der Waals surface area contributed by atoms with Crippen LogP contribution in [-0.4, -0.2) is 103 Å². The summed E-state index contributed by atoms with van der Waals surface area (Å²) >= 11 is 7.88. The number of anilines is 1. The Bertz CT molecular complexity index is 2420. The van der Waals surface area contributed by atoms with Gasteiger partial charge in [-0.2, -0.15) is 0 Å². The molecule has 6 heterocycles. The van der Waals surface area contributed by atoms with Crippen LogP contribution in [0.15, 0.2) is 47.5 Å². The lowest BCUT2D eigenvalue weighted by atomic mass is 9.99. The Labute approximate surface area is 349 Å². The molecule has 4 aliphatic rings. The number of hydrogen-bond donors (Lipinski definition) is 3. The Kier molecular flexibility index (Phi) is 11.2. The number of thiophene rings is 1. The summed E-state index contributed by atoms with van der Waals surface area (Å²) in [6, 6.07) is 11.2. The fourth-order valence-corrected chi connectivity index (χ4v) is 9.41. The molecule has 18 heteroatoms. The third-order valence-corrected chi connectivity index (χ3v) is 12.7. The molecule has 0 aliphatic carbocycles. The van der Waals surface area contributed by atoms with Crippen molar-refractivity contribution in [2.45, 2.75) is 77.9 Å². The third-order valence-electron chi connectivity index (χ3n) is 11.3. The van der Waals surface area contributed by atoms with Gasteiger partial charge in [0.1, 0.15) is 22.9 Å². The predicted octanol–water partition coefficient (Wildman–Crippen LogP) is 3.94. The zero-order valence-electron chi connectivity index (χ0n) is 32.8. The van der Waals surface area contributed by atoms with Crippen molar-refractivity contribution < 1.29 is 28.8 Å². The van der Waals surface area contributed by atoms with Crippen molar-refractivity contribution in [3.05, 3.63) is 91.8 Å². The van der Waals surface area contributed by atoms with Gasteiger partial charge in [0.2, 0.25) is 29.5 Å². The van der Waals surface area contributed by atoms with E-state index in [-0.39, 0.29) is 68.2 Å². The molecule has 59 heavy (non-hydrogen) atoms. The second-order valence-corrected chi connectivity index (χ2v) is 16.8. The van der Waals surface area contributed by atoms with Crippen LogP contribution in [0.25, 0.3) is 5.00 Å². The number of carbonyl (C=O) groups is 6. The molecular weight excluding hydrogens is 796 g/mol. The number of halogens is 1. The van der Waals surface area contributed by atoms with Crippen LogP contribution in [0.5, 0.6) is 0 Å². The number of hydrogen-bond acceptors (Lipinski definition) is 11. The first-order valence-electron chi connectivity index (χ1n) is 19.6. The van der Waals surface area contributed by atoms with Gasteiger partial charge in [0.25, 0.3) is 5.91 Å². The van der Waals surface area contributed by atoms with Crippen LogP contribution in [0.3, 0.4) is 0 Å². The Balaban J connectivity index is 0.830. The van der Waals surface area contributed by atoms with Gasteiger partial charge in [0.15, 0.2) is 5.82 Å². The molecule has 0 radical (unpaired) electrons. The number of imide groups is 1. The van der Waals surface area contributed by atoms with E-state index in [0.29, 0.717) is 66.1 Å². The van der Waals surface area contributed by atoms with Crippen molar-refractivity contribution in [2.24, 2.45) is 4.99 Å². The lowest BCUT2D eigenvalue weighted by Crippen LogP contribution is -2.54. The van der Waals surface area contributed by atoms with Crippen molar-refractivity contribution in [1.29, 1.82) is 0 Å². The van der Waals surface area contributed by atoms with Gasteiger partial charge < -0.3 is 15.1 Å². The zero-order chi connectivity index (χ0) is 41.5. The number of aryl methyl sites for hydroxylation is 2. The van der Waals surface area contributed by atoms with Crippen LogP contribution in [0.1, 0.15) is 93.7 Å². The van der Waals surface area contributed by atoms with Gasteiger partial charge in [-0.1, -0.05) is 29.8 Å². The quantitative estimate of drug-likeness (QED) is 0.199. The van der Waals surface area contributed by atoms with Gasteiger partial charge in [-0.3, -0.25) is 49.1 Å². The summed E-state index contributed by atoms with van der Waals surface area (Å²) in [6.45, 7) is 7.87. The van der Waals surface area contributed by atoms with Gasteiger partial charge in [0, 0.05) is 89.8 Å². The molecule has 2 saturated heterocycles. The predicted molar refractivity (Wildman–Crippen MR) is 219 cm³/mol. The van der Waals surface area contributed by atoms with Crippen LogP contribution >= 0.6 is 22.9 Å². The highest BCUT2D eigenvalue weighted by molar-refractivity contribution is 7.15. The van der Waals surface area contributed by atoms with Gasteiger partial charge in [-0.25, -0.2) is 5.01 Å². The molecule has 2 aromatic heterocycles. The highest BCUT2D eigenvalue weighted by atomic mass is 35.5. The van der Waals surface area contributed by atoms with Crippen molar-refractivity contribution in [1.82, 2.24) is 40.3 Å². The van der Waals surface area contributed by atoms with Crippen LogP contribution in [0.2, 0.25) is 5.02 Å². The molecule has 2 fully saturated rings. The molecule has 16 nitrogen and oxygen atoms in total. The number of fused-ring (bicyclic) bond motifs is 4. The SMILES string of the molecule is Cc1sc2c(c1C)C(c1ccc(Cl)cc1)=N[C@@H](CC(=O)NN1CCN(C(=O)CCCC(=O)Nc3cccc4c3CN(C3CCC(=O)NC3=O)C4=O)CC1)c1nnc(C)n1-2. The van der Waals surface area contributed by atoms with Crippen LogP contribution in [-0.2, 0) is 30.5 Å². The van der Waals surface area contributed by atoms with Crippen molar-refractivity contribution >= 4 is 69.8 Å². The molecule has 4 aromatic rings. The smallest absolute Gasteiger partial charge is 0.255 e. The first kappa shape index (κ1) is 40.0. The first-order chi connectivity index (χ1) is 28.4. The summed E-state index contributed by atoms with van der Waals surface area (Å²) in [5.74, 6) is -0.492. The number of aliphatic imine (C=N–C) groups is 1. The van der Waals surface area contributed by atoms with E-state index in [1.54, 1.807) is 34.4 Å². The van der Waals surface area contributed by atoms with E-state index >= 15 is 0 Å². The minimum Gasteiger partial charge on any atom is -0.340 e. The number of nitrogens with one attached hydrogen (secondary N) is 3. The molecule has 306 valence electrons. The average Bonchev–Trinajstić information content (AvgIpc) is 3.82. The van der Waals surface area contributed by atoms with Gasteiger partial charge >= 0.3 is 0 Å². The number of hydrazine groups is 1. The molecule has 0 bridgehead atoms. The van der Waals surface area contributed by atoms with Crippen molar-refractivity contribution in [2.75, 3.05) is 31.5 Å². The Hall–Kier alpha value is -5.78. The maximum absolute atomic E-state index is 13.6. The van der Waals surface area contributed by atoms with Crippen LogP contribution in [0.4, 0.5) is 5.69 Å². The van der Waals surface area contributed by atoms with E-state index in [2.05, 4.69) is 40.1 Å². The maximum atomic E-state index is 13.6. The van der Waals surface area contributed by atoms with Crippen LogP contribution < -0.4 is 16.1 Å². The highest BCUT2D eigenvalue weighted by Gasteiger charge is 2.40. The lowest BCUT2D eigenvalue weighted by molar-refractivity contribution is -0.137. The number of piperazine rings is 1.